The lowest BCUT2D eigenvalue weighted by Gasteiger charge is -2.09. The van der Waals surface area contributed by atoms with E-state index < -0.39 is 0 Å². The number of ether oxygens (including phenoxy) is 1. The molecule has 0 saturated carbocycles. The molecule has 2 rings (SSSR count). The Kier molecular flexibility index (Phi) is 7.02. The largest absolute Gasteiger partial charge is 0.383 e. The number of rotatable bonds is 9. The standard InChI is InChI=1S/C15H21N5O2S/c1-3-6-17-13(21)11-23-15-19-18-14(20(15)9-10-22-2)12-4-7-16-8-5-12/h4-5,7-8H,3,6,9-11H2,1-2H3,(H,17,21). The summed E-state index contributed by atoms with van der Waals surface area (Å²) in [5.74, 6) is 1.08. The van der Waals surface area contributed by atoms with Crippen molar-refractivity contribution in [3.8, 4) is 11.4 Å². The zero-order valence-corrected chi connectivity index (χ0v) is 14.2. The van der Waals surface area contributed by atoms with E-state index in [2.05, 4.69) is 20.5 Å². The summed E-state index contributed by atoms with van der Waals surface area (Å²) in [4.78, 5) is 15.8. The van der Waals surface area contributed by atoms with Crippen LogP contribution in [0.5, 0.6) is 0 Å². The minimum absolute atomic E-state index is 0.00334. The molecule has 0 unspecified atom stereocenters. The van der Waals surface area contributed by atoms with Crippen molar-refractivity contribution in [2.45, 2.75) is 25.0 Å². The smallest absolute Gasteiger partial charge is 0.230 e. The number of pyridine rings is 1. The molecule has 8 heteroatoms. The van der Waals surface area contributed by atoms with Gasteiger partial charge in [0.15, 0.2) is 11.0 Å². The molecular formula is C15H21N5O2S. The van der Waals surface area contributed by atoms with Crippen LogP contribution in [0.1, 0.15) is 13.3 Å². The molecular weight excluding hydrogens is 314 g/mol. The van der Waals surface area contributed by atoms with Crippen molar-refractivity contribution < 1.29 is 9.53 Å². The Labute approximate surface area is 139 Å². The van der Waals surface area contributed by atoms with Gasteiger partial charge in [-0.2, -0.15) is 0 Å². The van der Waals surface area contributed by atoms with Gasteiger partial charge >= 0.3 is 0 Å². The minimum Gasteiger partial charge on any atom is -0.383 e. The van der Waals surface area contributed by atoms with Gasteiger partial charge in [0, 0.05) is 31.6 Å². The molecule has 0 aromatic carbocycles. The van der Waals surface area contributed by atoms with Crippen LogP contribution in [0.3, 0.4) is 0 Å². The van der Waals surface area contributed by atoms with E-state index in [0.717, 1.165) is 17.8 Å². The lowest BCUT2D eigenvalue weighted by molar-refractivity contribution is -0.118. The fourth-order valence-electron chi connectivity index (χ4n) is 1.94. The molecule has 2 aromatic rings. The van der Waals surface area contributed by atoms with E-state index in [1.807, 2.05) is 23.6 Å². The summed E-state index contributed by atoms with van der Waals surface area (Å²) in [6.45, 7) is 3.89. The molecule has 0 aliphatic carbocycles. The normalized spacial score (nSPS) is 10.7. The van der Waals surface area contributed by atoms with Gasteiger partial charge in [-0.1, -0.05) is 18.7 Å². The number of nitrogens with one attached hydrogen (secondary N) is 1. The molecule has 0 atom stereocenters. The predicted octanol–water partition coefficient (Wildman–Crippen LogP) is 1.60. The third-order valence-electron chi connectivity index (χ3n) is 3.08. The first-order valence-corrected chi connectivity index (χ1v) is 8.46. The second-order valence-electron chi connectivity index (χ2n) is 4.83. The molecule has 2 heterocycles. The van der Waals surface area contributed by atoms with Crippen molar-refractivity contribution in [1.82, 2.24) is 25.1 Å². The second-order valence-corrected chi connectivity index (χ2v) is 5.77. The van der Waals surface area contributed by atoms with Crippen LogP contribution in [0, 0.1) is 0 Å². The Bertz CT molecular complexity index is 618. The van der Waals surface area contributed by atoms with E-state index in [-0.39, 0.29) is 5.91 Å². The molecule has 0 spiro atoms. The highest BCUT2D eigenvalue weighted by atomic mass is 32.2. The van der Waals surface area contributed by atoms with Crippen molar-refractivity contribution in [2.75, 3.05) is 26.0 Å². The molecule has 7 nitrogen and oxygen atoms in total. The minimum atomic E-state index is 0.00334. The number of carbonyl (C=O) groups is 1. The lowest BCUT2D eigenvalue weighted by Crippen LogP contribution is -2.25. The third-order valence-corrected chi connectivity index (χ3v) is 4.05. The van der Waals surface area contributed by atoms with Crippen LogP contribution in [0.25, 0.3) is 11.4 Å². The third kappa shape index (κ3) is 5.04. The number of nitrogens with zero attached hydrogens (tertiary/aromatic N) is 4. The van der Waals surface area contributed by atoms with Crippen molar-refractivity contribution in [3.05, 3.63) is 24.5 Å². The van der Waals surface area contributed by atoms with Gasteiger partial charge < -0.3 is 10.1 Å². The molecule has 0 aliphatic rings. The molecule has 0 aliphatic heterocycles. The first kappa shape index (κ1) is 17.4. The number of thioether (sulfide) groups is 1. The van der Waals surface area contributed by atoms with Gasteiger partial charge in [0.2, 0.25) is 5.91 Å². The molecule has 23 heavy (non-hydrogen) atoms. The van der Waals surface area contributed by atoms with Crippen molar-refractivity contribution in [1.29, 1.82) is 0 Å². The summed E-state index contributed by atoms with van der Waals surface area (Å²) in [6.07, 6.45) is 4.36. The fourth-order valence-corrected chi connectivity index (χ4v) is 2.73. The fraction of sp³-hybridized carbons (Fsp3) is 0.467. The number of amides is 1. The first-order chi connectivity index (χ1) is 11.3. The van der Waals surface area contributed by atoms with E-state index in [9.17, 15) is 4.79 Å². The SMILES string of the molecule is CCCNC(=O)CSc1nnc(-c2ccncc2)n1CCOC. The van der Waals surface area contributed by atoms with Gasteiger partial charge in [-0.05, 0) is 18.6 Å². The summed E-state index contributed by atoms with van der Waals surface area (Å²) >= 11 is 1.38. The average Bonchev–Trinajstić information content (AvgIpc) is 2.99. The number of hydrogen-bond acceptors (Lipinski definition) is 6. The molecule has 0 saturated heterocycles. The zero-order chi connectivity index (χ0) is 16.5. The van der Waals surface area contributed by atoms with Crippen LogP contribution in [0.15, 0.2) is 29.7 Å². The quantitative estimate of drug-likeness (QED) is 0.701. The number of carbonyl (C=O) groups excluding carboxylic acids is 1. The molecule has 124 valence electrons. The number of aromatic nitrogens is 4. The molecule has 0 fully saturated rings. The van der Waals surface area contributed by atoms with E-state index >= 15 is 0 Å². The molecule has 1 amide bonds. The Morgan fingerprint density at radius 1 is 1.35 bits per heavy atom. The van der Waals surface area contributed by atoms with Gasteiger partial charge in [0.05, 0.1) is 18.9 Å². The lowest BCUT2D eigenvalue weighted by atomic mass is 10.2. The Morgan fingerprint density at radius 2 is 2.13 bits per heavy atom. The van der Waals surface area contributed by atoms with Crippen molar-refractivity contribution in [2.24, 2.45) is 0 Å². The molecule has 0 radical (unpaired) electrons. The second kappa shape index (κ2) is 9.26. The molecule has 0 bridgehead atoms. The monoisotopic (exact) mass is 335 g/mol. The van der Waals surface area contributed by atoms with Crippen molar-refractivity contribution >= 4 is 17.7 Å². The van der Waals surface area contributed by atoms with E-state index in [1.54, 1.807) is 19.5 Å². The van der Waals surface area contributed by atoms with Crippen LogP contribution < -0.4 is 5.32 Å². The van der Waals surface area contributed by atoms with Crippen LogP contribution in [-0.4, -0.2) is 51.7 Å². The summed E-state index contributed by atoms with van der Waals surface area (Å²) in [5, 5.41) is 12.0. The van der Waals surface area contributed by atoms with Crippen LogP contribution in [0.4, 0.5) is 0 Å². The average molecular weight is 335 g/mol. The highest BCUT2D eigenvalue weighted by Crippen LogP contribution is 2.23. The van der Waals surface area contributed by atoms with Gasteiger partial charge in [0.25, 0.3) is 0 Å². The maximum absolute atomic E-state index is 11.8. The number of methoxy groups -OCH3 is 1. The molecule has 1 N–H and O–H groups in total. The van der Waals surface area contributed by atoms with Gasteiger partial charge in [-0.3, -0.25) is 14.3 Å². The maximum atomic E-state index is 11.8. The summed E-state index contributed by atoms with van der Waals surface area (Å²) in [7, 11) is 1.65. The van der Waals surface area contributed by atoms with Crippen LogP contribution in [-0.2, 0) is 16.1 Å². The van der Waals surface area contributed by atoms with E-state index in [1.165, 1.54) is 11.8 Å². The summed E-state index contributed by atoms with van der Waals surface area (Å²) in [5.41, 5.74) is 0.936. The first-order valence-electron chi connectivity index (χ1n) is 7.48. The van der Waals surface area contributed by atoms with Crippen LogP contribution >= 0.6 is 11.8 Å². The van der Waals surface area contributed by atoms with Crippen molar-refractivity contribution in [3.63, 3.8) is 0 Å². The Hall–Kier alpha value is -1.93. The summed E-state index contributed by atoms with van der Waals surface area (Å²) < 4.78 is 7.13. The zero-order valence-electron chi connectivity index (χ0n) is 13.4. The predicted molar refractivity (Wildman–Crippen MR) is 89.2 cm³/mol. The molecule has 2 aromatic heterocycles. The van der Waals surface area contributed by atoms with Gasteiger partial charge in [-0.25, -0.2) is 0 Å². The summed E-state index contributed by atoms with van der Waals surface area (Å²) in [6, 6.07) is 3.77. The van der Waals surface area contributed by atoms with Gasteiger partial charge in [0.1, 0.15) is 0 Å². The van der Waals surface area contributed by atoms with Crippen LogP contribution in [0.2, 0.25) is 0 Å². The maximum Gasteiger partial charge on any atom is 0.230 e. The van der Waals surface area contributed by atoms with Gasteiger partial charge in [-0.15, -0.1) is 10.2 Å². The Morgan fingerprint density at radius 3 is 2.83 bits per heavy atom. The highest BCUT2D eigenvalue weighted by Gasteiger charge is 2.15. The van der Waals surface area contributed by atoms with E-state index in [4.69, 9.17) is 4.74 Å². The highest BCUT2D eigenvalue weighted by molar-refractivity contribution is 7.99. The topological polar surface area (TPSA) is 81.9 Å². The Balaban J connectivity index is 2.12. The van der Waals surface area contributed by atoms with E-state index in [0.29, 0.717) is 30.6 Å². The number of hydrogen-bond donors (Lipinski definition) is 1.